The molecule has 6 heteroatoms. The Hall–Kier alpha value is -1.80. The summed E-state index contributed by atoms with van der Waals surface area (Å²) in [6.45, 7) is 1.99. The van der Waals surface area contributed by atoms with Gasteiger partial charge in [0.05, 0.1) is 6.61 Å². The third-order valence-electron chi connectivity index (χ3n) is 4.09. The predicted octanol–water partition coefficient (Wildman–Crippen LogP) is 2.81. The number of para-hydroxylation sites is 1. The molecular weight excluding hydrogens is 429 g/mol. The van der Waals surface area contributed by atoms with Gasteiger partial charge in [-0.2, -0.15) is 0 Å². The first-order valence-electron chi connectivity index (χ1n) is 8.20. The van der Waals surface area contributed by atoms with Crippen LogP contribution >= 0.6 is 24.0 Å². The lowest BCUT2D eigenvalue weighted by molar-refractivity contribution is 0.201. The summed E-state index contributed by atoms with van der Waals surface area (Å²) >= 11 is 0. The van der Waals surface area contributed by atoms with E-state index < -0.39 is 0 Å². The number of aliphatic imine (C=N–C) groups is 1. The predicted molar refractivity (Wildman–Crippen MR) is 112 cm³/mol. The zero-order valence-electron chi connectivity index (χ0n) is 14.3. The normalized spacial score (nSPS) is 13.2. The first-order valence-corrected chi connectivity index (χ1v) is 8.20. The highest BCUT2D eigenvalue weighted by Crippen LogP contribution is 2.27. The summed E-state index contributed by atoms with van der Waals surface area (Å²) in [5, 5.41) is 12.2. The van der Waals surface area contributed by atoms with Gasteiger partial charge in [0.2, 0.25) is 0 Å². The molecule has 0 amide bonds. The highest BCUT2D eigenvalue weighted by Gasteiger charge is 2.22. The van der Waals surface area contributed by atoms with E-state index in [-0.39, 0.29) is 30.6 Å². The first kappa shape index (κ1) is 19.5. The van der Waals surface area contributed by atoms with Crippen molar-refractivity contribution in [1.29, 1.82) is 0 Å². The van der Waals surface area contributed by atoms with Gasteiger partial charge in [-0.15, -0.1) is 24.0 Å². The number of benzene rings is 2. The number of fused-ring (bicyclic) bond motifs is 1. The highest BCUT2D eigenvalue weighted by molar-refractivity contribution is 14.0. The molecule has 2 aromatic rings. The molecule has 3 rings (SSSR count). The topological polar surface area (TPSA) is 57.1 Å². The molecule has 0 aliphatic carbocycles. The fourth-order valence-corrected chi connectivity index (χ4v) is 2.90. The quantitative estimate of drug-likeness (QED) is 0.416. The molecule has 0 saturated carbocycles. The van der Waals surface area contributed by atoms with Crippen LogP contribution in [0.1, 0.15) is 11.1 Å². The van der Waals surface area contributed by atoms with Gasteiger partial charge >= 0.3 is 0 Å². The summed E-state index contributed by atoms with van der Waals surface area (Å²) in [5.74, 6) is 1.66. The van der Waals surface area contributed by atoms with Crippen LogP contribution in [-0.2, 0) is 13.0 Å². The molecule has 0 radical (unpaired) electrons. The van der Waals surface area contributed by atoms with Crippen LogP contribution in [0, 0.1) is 0 Å². The fourth-order valence-electron chi connectivity index (χ4n) is 2.90. The summed E-state index contributed by atoms with van der Waals surface area (Å²) in [4.78, 5) is 6.65. The second-order valence-electron chi connectivity index (χ2n) is 5.65. The molecule has 2 N–H and O–H groups in total. The van der Waals surface area contributed by atoms with Crippen molar-refractivity contribution in [2.24, 2.45) is 4.99 Å². The lowest BCUT2D eigenvalue weighted by atomic mass is 10.2. The minimum atomic E-state index is 0. The number of aliphatic hydroxyl groups is 1. The molecule has 0 fully saturated rings. The maximum Gasteiger partial charge on any atom is 0.198 e. The van der Waals surface area contributed by atoms with E-state index in [1.54, 1.807) is 0 Å². The monoisotopic (exact) mass is 453 g/mol. The van der Waals surface area contributed by atoms with E-state index in [0.717, 1.165) is 30.2 Å². The van der Waals surface area contributed by atoms with Crippen LogP contribution in [0.3, 0.4) is 0 Å². The van der Waals surface area contributed by atoms with Gasteiger partial charge in [0, 0.05) is 25.8 Å². The molecule has 1 heterocycles. The Labute approximate surface area is 165 Å². The summed E-state index contributed by atoms with van der Waals surface area (Å²) < 4.78 is 5.37. The van der Waals surface area contributed by atoms with Crippen molar-refractivity contribution >= 4 is 35.6 Å². The van der Waals surface area contributed by atoms with Crippen molar-refractivity contribution in [1.82, 2.24) is 5.32 Å². The van der Waals surface area contributed by atoms with Gasteiger partial charge in [-0.3, -0.25) is 4.99 Å². The van der Waals surface area contributed by atoms with Gasteiger partial charge in [-0.1, -0.05) is 30.3 Å². The Bertz CT molecular complexity index is 704. The number of nitrogens with one attached hydrogen (secondary N) is 1. The Kier molecular flexibility index (Phi) is 7.52. The largest absolute Gasteiger partial charge is 0.491 e. The number of nitrogens with zero attached hydrogens (tertiary/aromatic N) is 2. The summed E-state index contributed by atoms with van der Waals surface area (Å²) in [6.07, 6.45) is 1.05. The number of halogens is 1. The van der Waals surface area contributed by atoms with E-state index >= 15 is 0 Å². The van der Waals surface area contributed by atoms with Crippen molar-refractivity contribution < 1.29 is 9.84 Å². The Morgan fingerprint density at radius 3 is 2.68 bits per heavy atom. The molecule has 0 aromatic heterocycles. The van der Waals surface area contributed by atoms with Crippen LogP contribution in [0.25, 0.3) is 0 Å². The molecule has 134 valence electrons. The molecule has 0 unspecified atom stereocenters. The molecule has 0 saturated heterocycles. The van der Waals surface area contributed by atoms with Crippen LogP contribution in [0.2, 0.25) is 0 Å². The van der Waals surface area contributed by atoms with Crippen molar-refractivity contribution in [2.45, 2.75) is 13.0 Å². The average Bonchev–Trinajstić information content (AvgIpc) is 3.06. The van der Waals surface area contributed by atoms with Gasteiger partial charge in [-0.05, 0) is 35.7 Å². The van der Waals surface area contributed by atoms with Crippen molar-refractivity contribution in [3.05, 3.63) is 59.7 Å². The average molecular weight is 453 g/mol. The van der Waals surface area contributed by atoms with E-state index in [2.05, 4.69) is 39.5 Å². The first-order chi connectivity index (χ1) is 11.8. The number of anilines is 1. The number of rotatable bonds is 5. The molecule has 0 spiro atoms. The van der Waals surface area contributed by atoms with Gasteiger partial charge in [-0.25, -0.2) is 0 Å². The van der Waals surface area contributed by atoms with Gasteiger partial charge < -0.3 is 20.1 Å². The van der Waals surface area contributed by atoms with E-state index in [9.17, 15) is 0 Å². The maximum atomic E-state index is 8.78. The molecule has 2 aromatic carbocycles. The standard InChI is InChI=1S/C19H23N3O2.HI/c1-20-19(22-11-10-16-4-2-3-5-18(16)22)21-14-15-6-8-17(9-7-15)24-13-12-23;/h2-9,23H,10-14H2,1H3,(H,20,21);1H. The molecule has 0 atom stereocenters. The van der Waals surface area contributed by atoms with E-state index in [4.69, 9.17) is 9.84 Å². The zero-order chi connectivity index (χ0) is 16.8. The second-order valence-corrected chi connectivity index (χ2v) is 5.65. The number of aliphatic hydroxyl groups excluding tert-OH is 1. The molecular formula is C19H24IN3O2. The third-order valence-corrected chi connectivity index (χ3v) is 4.09. The third kappa shape index (κ3) is 4.85. The van der Waals surface area contributed by atoms with E-state index in [1.165, 1.54) is 11.3 Å². The van der Waals surface area contributed by atoms with Gasteiger partial charge in [0.1, 0.15) is 12.4 Å². The lowest BCUT2D eigenvalue weighted by Gasteiger charge is -2.22. The van der Waals surface area contributed by atoms with Crippen LogP contribution in [0.15, 0.2) is 53.5 Å². The second kappa shape index (κ2) is 9.62. The SMILES string of the molecule is CN=C(NCc1ccc(OCCO)cc1)N1CCc2ccccc21.I. The minimum Gasteiger partial charge on any atom is -0.491 e. The minimum absolute atomic E-state index is 0. The van der Waals surface area contributed by atoms with Gasteiger partial charge in [0.25, 0.3) is 0 Å². The molecule has 1 aliphatic rings. The molecule has 0 bridgehead atoms. The number of ether oxygens (including phenoxy) is 1. The smallest absolute Gasteiger partial charge is 0.198 e. The molecule has 25 heavy (non-hydrogen) atoms. The maximum absolute atomic E-state index is 8.78. The summed E-state index contributed by atoms with van der Waals surface area (Å²) in [5.41, 5.74) is 3.75. The summed E-state index contributed by atoms with van der Waals surface area (Å²) in [6, 6.07) is 16.3. The van der Waals surface area contributed by atoms with Crippen LogP contribution in [0.4, 0.5) is 5.69 Å². The summed E-state index contributed by atoms with van der Waals surface area (Å²) in [7, 11) is 1.81. The van der Waals surface area contributed by atoms with Crippen LogP contribution in [0.5, 0.6) is 5.75 Å². The van der Waals surface area contributed by atoms with Crippen molar-refractivity contribution in [3.63, 3.8) is 0 Å². The zero-order valence-corrected chi connectivity index (χ0v) is 16.6. The number of guanidine groups is 1. The number of hydrogen-bond donors (Lipinski definition) is 2. The number of hydrogen-bond acceptors (Lipinski definition) is 3. The Balaban J connectivity index is 0.00000225. The van der Waals surface area contributed by atoms with Crippen LogP contribution in [-0.4, -0.2) is 37.9 Å². The van der Waals surface area contributed by atoms with Crippen LogP contribution < -0.4 is 15.0 Å². The highest BCUT2D eigenvalue weighted by atomic mass is 127. The van der Waals surface area contributed by atoms with E-state index in [1.807, 2.05) is 31.3 Å². The molecule has 5 nitrogen and oxygen atoms in total. The van der Waals surface area contributed by atoms with Gasteiger partial charge in [0.15, 0.2) is 5.96 Å². The van der Waals surface area contributed by atoms with E-state index in [0.29, 0.717) is 13.2 Å². The Morgan fingerprint density at radius 2 is 1.96 bits per heavy atom. The lowest BCUT2D eigenvalue weighted by Crippen LogP contribution is -2.40. The molecule has 1 aliphatic heterocycles. The Morgan fingerprint density at radius 1 is 1.20 bits per heavy atom. The van der Waals surface area contributed by atoms with Crippen molar-refractivity contribution in [2.75, 3.05) is 31.7 Å². The van der Waals surface area contributed by atoms with Crippen molar-refractivity contribution in [3.8, 4) is 5.75 Å². The fraction of sp³-hybridized carbons (Fsp3) is 0.316.